The van der Waals surface area contributed by atoms with Crippen LogP contribution in [0.25, 0.3) is 16.3 Å². The Labute approximate surface area is 159 Å². The normalized spacial score (nSPS) is 16.9. The number of ketones is 1. The minimum atomic E-state index is 0.142. The largest absolute Gasteiger partial charge is 0.493 e. The Hall–Kier alpha value is -3.07. The van der Waals surface area contributed by atoms with Crippen molar-refractivity contribution >= 4 is 22.1 Å². The summed E-state index contributed by atoms with van der Waals surface area (Å²) >= 11 is 0. The Bertz CT molecular complexity index is 1030. The van der Waals surface area contributed by atoms with Crippen LogP contribution >= 0.6 is 0 Å². The molecule has 0 unspecified atom stereocenters. The number of rotatable bonds is 4. The van der Waals surface area contributed by atoms with Gasteiger partial charge < -0.3 is 9.47 Å². The molecule has 3 aromatic carbocycles. The molecule has 0 spiro atoms. The van der Waals surface area contributed by atoms with Gasteiger partial charge in [0.1, 0.15) is 0 Å². The summed E-state index contributed by atoms with van der Waals surface area (Å²) in [7, 11) is 3.26. The van der Waals surface area contributed by atoms with Crippen LogP contribution in [0, 0.1) is 0 Å². The van der Waals surface area contributed by atoms with Crippen LogP contribution in [0.3, 0.4) is 0 Å². The molecule has 0 heterocycles. The van der Waals surface area contributed by atoms with Gasteiger partial charge in [0.05, 0.1) is 14.2 Å². The Morgan fingerprint density at radius 2 is 1.59 bits per heavy atom. The van der Waals surface area contributed by atoms with Crippen molar-refractivity contribution in [2.45, 2.75) is 18.8 Å². The first kappa shape index (κ1) is 17.3. The summed E-state index contributed by atoms with van der Waals surface area (Å²) in [5, 5.41) is 2.40. The predicted octanol–water partition coefficient (Wildman–Crippen LogP) is 5.39. The van der Waals surface area contributed by atoms with E-state index in [1.807, 2.05) is 30.3 Å². The second-order valence-corrected chi connectivity index (χ2v) is 6.92. The first-order valence-electron chi connectivity index (χ1n) is 9.12. The van der Waals surface area contributed by atoms with Gasteiger partial charge in [0, 0.05) is 6.42 Å². The zero-order valence-electron chi connectivity index (χ0n) is 15.6. The van der Waals surface area contributed by atoms with Crippen LogP contribution in [0.2, 0.25) is 0 Å². The molecular formula is C24H22O3. The third kappa shape index (κ3) is 3.45. The van der Waals surface area contributed by atoms with Gasteiger partial charge in [0.25, 0.3) is 0 Å². The van der Waals surface area contributed by atoms with Gasteiger partial charge in [-0.3, -0.25) is 4.79 Å². The SMILES string of the molecule is COc1ccc([C@H]2CC(=O)C=C(c3ccc4ccccc4c3)C2)cc1OC. The van der Waals surface area contributed by atoms with Crippen LogP contribution in [-0.4, -0.2) is 20.0 Å². The maximum Gasteiger partial charge on any atom is 0.160 e. The van der Waals surface area contributed by atoms with Crippen molar-refractivity contribution in [2.24, 2.45) is 0 Å². The lowest BCUT2D eigenvalue weighted by atomic mass is 9.80. The first-order valence-corrected chi connectivity index (χ1v) is 9.12. The van der Waals surface area contributed by atoms with E-state index in [9.17, 15) is 4.79 Å². The summed E-state index contributed by atoms with van der Waals surface area (Å²) in [6.45, 7) is 0. The summed E-state index contributed by atoms with van der Waals surface area (Å²) < 4.78 is 10.8. The van der Waals surface area contributed by atoms with E-state index in [-0.39, 0.29) is 11.7 Å². The molecule has 0 saturated heterocycles. The fourth-order valence-electron chi connectivity index (χ4n) is 3.83. The molecule has 3 heteroatoms. The molecule has 0 saturated carbocycles. The topological polar surface area (TPSA) is 35.5 Å². The maximum atomic E-state index is 12.4. The second-order valence-electron chi connectivity index (χ2n) is 6.92. The highest BCUT2D eigenvalue weighted by Gasteiger charge is 2.24. The minimum Gasteiger partial charge on any atom is -0.493 e. The summed E-state index contributed by atoms with van der Waals surface area (Å²) in [6.07, 6.45) is 3.16. The smallest absolute Gasteiger partial charge is 0.160 e. The Morgan fingerprint density at radius 3 is 2.37 bits per heavy atom. The van der Waals surface area contributed by atoms with Gasteiger partial charge >= 0.3 is 0 Å². The highest BCUT2D eigenvalue weighted by atomic mass is 16.5. The highest BCUT2D eigenvalue weighted by Crippen LogP contribution is 2.39. The highest BCUT2D eigenvalue weighted by molar-refractivity contribution is 6.00. The number of methoxy groups -OCH3 is 2. The van der Waals surface area contributed by atoms with Crippen LogP contribution < -0.4 is 9.47 Å². The third-order valence-electron chi connectivity index (χ3n) is 5.25. The van der Waals surface area contributed by atoms with Crippen molar-refractivity contribution in [1.82, 2.24) is 0 Å². The van der Waals surface area contributed by atoms with E-state index in [0.717, 1.165) is 23.1 Å². The van der Waals surface area contributed by atoms with E-state index < -0.39 is 0 Å². The van der Waals surface area contributed by atoms with Crippen LogP contribution in [0.15, 0.2) is 66.7 Å². The van der Waals surface area contributed by atoms with Crippen LogP contribution in [0.4, 0.5) is 0 Å². The fraction of sp³-hybridized carbons (Fsp3) is 0.208. The lowest BCUT2D eigenvalue weighted by Gasteiger charge is -2.23. The lowest BCUT2D eigenvalue weighted by Crippen LogP contribution is -2.12. The van der Waals surface area contributed by atoms with E-state index in [4.69, 9.17) is 9.47 Å². The van der Waals surface area contributed by atoms with Crippen molar-refractivity contribution < 1.29 is 14.3 Å². The quantitative estimate of drug-likeness (QED) is 0.627. The molecule has 0 radical (unpaired) electrons. The standard InChI is InChI=1S/C24H22O3/c1-26-23-10-9-19(15-24(23)27-2)21-12-20(13-22(25)14-21)18-8-7-16-5-3-4-6-17(16)11-18/h3-11,13,15,21H,12,14H2,1-2H3/t21-/m1/s1. The monoisotopic (exact) mass is 358 g/mol. The van der Waals surface area contributed by atoms with Gasteiger partial charge in [-0.1, -0.05) is 42.5 Å². The Balaban J connectivity index is 1.67. The molecule has 27 heavy (non-hydrogen) atoms. The van der Waals surface area contributed by atoms with E-state index in [0.29, 0.717) is 17.9 Å². The van der Waals surface area contributed by atoms with Gasteiger partial charge in [0.2, 0.25) is 0 Å². The number of allylic oxidation sites excluding steroid dienone is 2. The summed E-state index contributed by atoms with van der Waals surface area (Å²) in [5.74, 6) is 1.71. The molecule has 3 nitrogen and oxygen atoms in total. The molecule has 0 fully saturated rings. The molecule has 1 aliphatic carbocycles. The Morgan fingerprint density at radius 1 is 0.815 bits per heavy atom. The van der Waals surface area contributed by atoms with E-state index in [2.05, 4.69) is 30.3 Å². The summed E-state index contributed by atoms with van der Waals surface area (Å²) in [4.78, 5) is 12.4. The third-order valence-corrected chi connectivity index (χ3v) is 5.25. The number of fused-ring (bicyclic) bond motifs is 1. The molecule has 1 aliphatic rings. The molecule has 0 bridgehead atoms. The van der Waals surface area contributed by atoms with Gasteiger partial charge in [-0.25, -0.2) is 0 Å². The van der Waals surface area contributed by atoms with E-state index >= 15 is 0 Å². The van der Waals surface area contributed by atoms with Crippen LogP contribution in [0.5, 0.6) is 11.5 Å². The van der Waals surface area contributed by atoms with Gasteiger partial charge in [-0.05, 0) is 64.1 Å². The van der Waals surface area contributed by atoms with Crippen LogP contribution in [-0.2, 0) is 4.79 Å². The summed E-state index contributed by atoms with van der Waals surface area (Å²) in [5.41, 5.74) is 3.32. The van der Waals surface area contributed by atoms with E-state index in [1.54, 1.807) is 20.3 Å². The van der Waals surface area contributed by atoms with Crippen molar-refractivity contribution in [3.05, 3.63) is 77.9 Å². The molecular weight excluding hydrogens is 336 g/mol. The molecule has 4 rings (SSSR count). The zero-order valence-corrected chi connectivity index (χ0v) is 15.6. The molecule has 0 N–H and O–H groups in total. The number of ether oxygens (including phenoxy) is 2. The van der Waals surface area contributed by atoms with Gasteiger partial charge in [0.15, 0.2) is 17.3 Å². The number of carbonyl (C=O) groups is 1. The molecule has 3 aromatic rings. The first-order chi connectivity index (χ1) is 13.2. The average molecular weight is 358 g/mol. The van der Waals surface area contributed by atoms with Crippen molar-refractivity contribution in [3.8, 4) is 11.5 Å². The predicted molar refractivity (Wildman–Crippen MR) is 108 cm³/mol. The van der Waals surface area contributed by atoms with Crippen molar-refractivity contribution in [3.63, 3.8) is 0 Å². The zero-order chi connectivity index (χ0) is 18.8. The van der Waals surface area contributed by atoms with Gasteiger partial charge in [-0.15, -0.1) is 0 Å². The fourth-order valence-corrected chi connectivity index (χ4v) is 3.83. The number of benzene rings is 3. The van der Waals surface area contributed by atoms with Gasteiger partial charge in [-0.2, -0.15) is 0 Å². The number of hydrogen-bond donors (Lipinski definition) is 0. The minimum absolute atomic E-state index is 0.142. The van der Waals surface area contributed by atoms with Crippen molar-refractivity contribution in [2.75, 3.05) is 14.2 Å². The molecule has 1 atom stereocenters. The van der Waals surface area contributed by atoms with Crippen molar-refractivity contribution in [1.29, 1.82) is 0 Å². The molecule has 0 aliphatic heterocycles. The second kappa shape index (κ2) is 7.28. The average Bonchev–Trinajstić information content (AvgIpc) is 2.72. The summed E-state index contributed by atoms with van der Waals surface area (Å²) in [6, 6.07) is 20.6. The Kier molecular flexibility index (Phi) is 4.68. The maximum absolute atomic E-state index is 12.4. The lowest BCUT2D eigenvalue weighted by molar-refractivity contribution is -0.115. The molecule has 0 amide bonds. The number of hydrogen-bond acceptors (Lipinski definition) is 3. The van der Waals surface area contributed by atoms with E-state index in [1.165, 1.54) is 10.8 Å². The number of carbonyl (C=O) groups excluding carboxylic acids is 1. The molecule has 136 valence electrons. The molecule has 0 aromatic heterocycles. The van der Waals surface area contributed by atoms with Crippen LogP contribution in [0.1, 0.15) is 29.9 Å².